The van der Waals surface area contributed by atoms with Crippen LogP contribution in [-0.2, 0) is 17.5 Å². The number of nitrogens with one attached hydrogen (secondary N) is 2. The SMILES string of the molecule is CNC(=O)Cn1cc(C(=O)Nc2ccc(-n3nc(-c4cccnc4)cc3C(F)(F)F)cn2)ccc1=O. The smallest absolute Gasteiger partial charge is 0.358 e. The van der Waals surface area contributed by atoms with Crippen LogP contribution in [-0.4, -0.2) is 43.2 Å². The van der Waals surface area contributed by atoms with Crippen molar-refractivity contribution in [1.82, 2.24) is 29.6 Å². The van der Waals surface area contributed by atoms with Gasteiger partial charge >= 0.3 is 6.18 Å². The van der Waals surface area contributed by atoms with Crippen LogP contribution in [0.4, 0.5) is 19.0 Å². The van der Waals surface area contributed by atoms with Crippen LogP contribution in [0.1, 0.15) is 16.1 Å². The number of rotatable bonds is 6. The third-order valence-electron chi connectivity index (χ3n) is 5.03. The van der Waals surface area contributed by atoms with Gasteiger partial charge in [-0.2, -0.15) is 18.3 Å². The maximum atomic E-state index is 13.7. The molecule has 10 nitrogen and oxygen atoms in total. The van der Waals surface area contributed by atoms with Crippen molar-refractivity contribution in [3.63, 3.8) is 0 Å². The first-order chi connectivity index (χ1) is 17.2. The van der Waals surface area contributed by atoms with E-state index in [1.54, 1.807) is 12.1 Å². The maximum Gasteiger partial charge on any atom is 0.433 e. The molecule has 4 aromatic rings. The molecule has 0 aliphatic heterocycles. The number of pyridine rings is 3. The summed E-state index contributed by atoms with van der Waals surface area (Å²) < 4.78 is 42.8. The highest BCUT2D eigenvalue weighted by atomic mass is 19.4. The first-order valence-electron chi connectivity index (χ1n) is 10.4. The van der Waals surface area contributed by atoms with Gasteiger partial charge in [0, 0.05) is 37.3 Å². The third kappa shape index (κ3) is 5.29. The van der Waals surface area contributed by atoms with Crippen LogP contribution < -0.4 is 16.2 Å². The molecule has 0 saturated heterocycles. The minimum Gasteiger partial charge on any atom is -0.358 e. The average molecular weight is 497 g/mol. The molecule has 0 aliphatic rings. The molecule has 0 unspecified atom stereocenters. The Labute approximate surface area is 201 Å². The Balaban J connectivity index is 1.57. The zero-order valence-corrected chi connectivity index (χ0v) is 18.7. The van der Waals surface area contributed by atoms with E-state index >= 15 is 0 Å². The van der Waals surface area contributed by atoms with Crippen molar-refractivity contribution >= 4 is 17.6 Å². The molecular formula is C23H18F3N7O3. The summed E-state index contributed by atoms with van der Waals surface area (Å²) in [6.07, 6.45) is 0.580. The average Bonchev–Trinajstić information content (AvgIpc) is 3.32. The molecule has 0 fully saturated rings. The number of hydrogen-bond donors (Lipinski definition) is 2. The van der Waals surface area contributed by atoms with Gasteiger partial charge in [-0.1, -0.05) is 0 Å². The van der Waals surface area contributed by atoms with E-state index in [4.69, 9.17) is 0 Å². The predicted molar refractivity (Wildman–Crippen MR) is 122 cm³/mol. The molecule has 4 aromatic heterocycles. The lowest BCUT2D eigenvalue weighted by Crippen LogP contribution is -2.30. The Kier molecular flexibility index (Phi) is 6.63. The normalized spacial score (nSPS) is 11.2. The highest BCUT2D eigenvalue weighted by molar-refractivity contribution is 6.03. The molecule has 0 aliphatic carbocycles. The van der Waals surface area contributed by atoms with Crippen molar-refractivity contribution in [3.05, 3.63) is 88.9 Å². The lowest BCUT2D eigenvalue weighted by Gasteiger charge is -2.11. The fraction of sp³-hybridized carbons (Fsp3) is 0.130. The Morgan fingerprint density at radius 1 is 1.08 bits per heavy atom. The molecule has 4 rings (SSSR count). The molecule has 4 heterocycles. The van der Waals surface area contributed by atoms with Crippen molar-refractivity contribution in [3.8, 4) is 16.9 Å². The van der Waals surface area contributed by atoms with Crippen LogP contribution in [0, 0.1) is 0 Å². The van der Waals surface area contributed by atoms with E-state index < -0.39 is 29.2 Å². The molecule has 36 heavy (non-hydrogen) atoms. The molecule has 0 spiro atoms. The van der Waals surface area contributed by atoms with E-state index in [-0.39, 0.29) is 29.3 Å². The summed E-state index contributed by atoms with van der Waals surface area (Å²) in [5.74, 6) is -0.994. The fourth-order valence-electron chi connectivity index (χ4n) is 3.23. The highest BCUT2D eigenvalue weighted by Crippen LogP contribution is 2.33. The molecule has 2 amide bonds. The molecule has 184 valence electrons. The second kappa shape index (κ2) is 9.82. The summed E-state index contributed by atoms with van der Waals surface area (Å²) in [4.78, 5) is 44.0. The number of anilines is 1. The number of hydrogen-bond acceptors (Lipinski definition) is 6. The topological polar surface area (TPSA) is 124 Å². The summed E-state index contributed by atoms with van der Waals surface area (Å²) in [6.45, 7) is -0.268. The van der Waals surface area contributed by atoms with Gasteiger partial charge in [-0.15, -0.1) is 0 Å². The number of aromatic nitrogens is 5. The highest BCUT2D eigenvalue weighted by Gasteiger charge is 2.36. The van der Waals surface area contributed by atoms with Gasteiger partial charge in [-0.05, 0) is 36.4 Å². The van der Waals surface area contributed by atoms with Gasteiger partial charge in [0.25, 0.3) is 11.5 Å². The Hall–Kier alpha value is -4.81. The summed E-state index contributed by atoms with van der Waals surface area (Å²) >= 11 is 0. The standard InChI is InChI=1S/C23H18F3N7O3/c1-27-20(34)13-32-12-15(4-7-21(32)35)22(36)30-19-6-5-16(11-29-19)33-18(23(24,25)26)9-17(31-33)14-3-2-8-28-10-14/h2-12H,13H2,1H3,(H,27,34)(H,29,30,36). The number of carbonyl (C=O) groups excluding carboxylic acids is 2. The molecule has 0 atom stereocenters. The molecule has 0 saturated carbocycles. The predicted octanol–water partition coefficient (Wildman–Crippen LogP) is 2.51. The number of nitrogens with zero attached hydrogens (tertiary/aromatic N) is 5. The van der Waals surface area contributed by atoms with Crippen molar-refractivity contribution in [1.29, 1.82) is 0 Å². The Morgan fingerprint density at radius 3 is 2.53 bits per heavy atom. The second-order valence-corrected chi connectivity index (χ2v) is 7.48. The maximum absolute atomic E-state index is 13.7. The van der Waals surface area contributed by atoms with Crippen LogP contribution in [0.15, 0.2) is 72.0 Å². The minimum absolute atomic E-state index is 0.0228. The Morgan fingerprint density at radius 2 is 1.89 bits per heavy atom. The van der Waals surface area contributed by atoms with Gasteiger partial charge in [-0.25, -0.2) is 9.67 Å². The molecule has 13 heteroatoms. The van der Waals surface area contributed by atoms with Crippen LogP contribution in [0.2, 0.25) is 0 Å². The lowest BCUT2D eigenvalue weighted by molar-refractivity contribution is -0.142. The Bertz CT molecular complexity index is 1460. The molecular weight excluding hydrogens is 479 g/mol. The largest absolute Gasteiger partial charge is 0.433 e. The lowest BCUT2D eigenvalue weighted by atomic mass is 10.2. The monoisotopic (exact) mass is 497 g/mol. The number of carbonyl (C=O) groups is 2. The fourth-order valence-corrected chi connectivity index (χ4v) is 3.23. The van der Waals surface area contributed by atoms with Crippen molar-refractivity contribution in [2.45, 2.75) is 12.7 Å². The quantitative estimate of drug-likeness (QED) is 0.422. The van der Waals surface area contributed by atoms with Crippen molar-refractivity contribution < 1.29 is 22.8 Å². The first-order valence-corrected chi connectivity index (χ1v) is 10.4. The number of halogens is 3. The summed E-state index contributed by atoms with van der Waals surface area (Å²) in [5, 5.41) is 8.95. The zero-order valence-electron chi connectivity index (χ0n) is 18.7. The van der Waals surface area contributed by atoms with E-state index in [1.165, 1.54) is 43.8 Å². The first kappa shape index (κ1) is 24.3. The van der Waals surface area contributed by atoms with E-state index in [0.717, 1.165) is 27.6 Å². The summed E-state index contributed by atoms with van der Waals surface area (Å²) in [7, 11) is 1.42. The van der Waals surface area contributed by atoms with Gasteiger partial charge in [0.2, 0.25) is 5.91 Å². The summed E-state index contributed by atoms with van der Waals surface area (Å²) in [5.41, 5.74) is -0.871. The molecule has 0 aromatic carbocycles. The number of alkyl halides is 3. The number of amides is 2. The van der Waals surface area contributed by atoms with Gasteiger partial charge in [0.05, 0.1) is 23.1 Å². The van der Waals surface area contributed by atoms with Gasteiger partial charge in [0.1, 0.15) is 18.1 Å². The zero-order chi connectivity index (χ0) is 25.9. The van der Waals surface area contributed by atoms with E-state index in [9.17, 15) is 27.6 Å². The van der Waals surface area contributed by atoms with Gasteiger partial charge in [0.15, 0.2) is 0 Å². The van der Waals surface area contributed by atoms with E-state index in [0.29, 0.717) is 5.56 Å². The second-order valence-electron chi connectivity index (χ2n) is 7.48. The van der Waals surface area contributed by atoms with Crippen molar-refractivity contribution in [2.24, 2.45) is 0 Å². The molecule has 0 radical (unpaired) electrons. The molecule has 0 bridgehead atoms. The molecule has 2 N–H and O–H groups in total. The minimum atomic E-state index is -4.68. The van der Waals surface area contributed by atoms with Crippen LogP contribution in [0.3, 0.4) is 0 Å². The van der Waals surface area contributed by atoms with E-state index in [2.05, 4.69) is 25.7 Å². The third-order valence-corrected chi connectivity index (χ3v) is 5.03. The number of likely N-dealkylation sites (N-methyl/N-ethyl adjacent to an activating group) is 1. The van der Waals surface area contributed by atoms with Gasteiger partial charge in [-0.3, -0.25) is 19.4 Å². The van der Waals surface area contributed by atoms with Crippen LogP contribution >= 0.6 is 0 Å². The van der Waals surface area contributed by atoms with Crippen LogP contribution in [0.25, 0.3) is 16.9 Å². The van der Waals surface area contributed by atoms with Crippen LogP contribution in [0.5, 0.6) is 0 Å². The van der Waals surface area contributed by atoms with Gasteiger partial charge < -0.3 is 15.2 Å². The van der Waals surface area contributed by atoms with E-state index in [1.807, 2.05) is 0 Å². The summed E-state index contributed by atoms with van der Waals surface area (Å²) in [6, 6.07) is 9.17. The van der Waals surface area contributed by atoms with Crippen molar-refractivity contribution in [2.75, 3.05) is 12.4 Å².